The van der Waals surface area contributed by atoms with Crippen molar-refractivity contribution in [1.29, 1.82) is 0 Å². The van der Waals surface area contributed by atoms with Crippen LogP contribution >= 0.6 is 0 Å². The summed E-state index contributed by atoms with van der Waals surface area (Å²) in [5.41, 5.74) is 0.627. The van der Waals surface area contributed by atoms with Crippen LogP contribution in [0.4, 0.5) is 13.2 Å². The Bertz CT molecular complexity index is 757. The van der Waals surface area contributed by atoms with Gasteiger partial charge in [0.25, 0.3) is 0 Å². The normalized spacial score (nSPS) is 18.0. The van der Waals surface area contributed by atoms with Crippen LogP contribution in [0, 0.1) is 0 Å². The van der Waals surface area contributed by atoms with Crippen LogP contribution in [0.2, 0.25) is 0 Å². The second kappa shape index (κ2) is 7.04. The number of benzene rings is 1. The SMILES string of the molecule is O=C(/C=C/c1ccc(C(F)(F)F)cc1)N1CCCC1c1ccncn1. The van der Waals surface area contributed by atoms with E-state index >= 15 is 0 Å². The van der Waals surface area contributed by atoms with E-state index in [0.717, 1.165) is 30.7 Å². The van der Waals surface area contributed by atoms with Crippen molar-refractivity contribution < 1.29 is 18.0 Å². The van der Waals surface area contributed by atoms with Crippen molar-refractivity contribution in [3.05, 3.63) is 65.8 Å². The highest BCUT2D eigenvalue weighted by Gasteiger charge is 2.30. The second-order valence-electron chi connectivity index (χ2n) is 5.78. The molecule has 1 aliphatic heterocycles. The first kappa shape index (κ1) is 17.1. The molecular weight excluding hydrogens is 331 g/mol. The Balaban J connectivity index is 1.70. The molecule has 0 N–H and O–H groups in total. The molecule has 4 nitrogen and oxygen atoms in total. The molecule has 1 saturated heterocycles. The molecule has 1 aromatic heterocycles. The van der Waals surface area contributed by atoms with Crippen LogP contribution in [0.3, 0.4) is 0 Å². The minimum atomic E-state index is -4.36. The predicted octanol–water partition coefficient (Wildman–Crippen LogP) is 3.87. The van der Waals surface area contributed by atoms with Gasteiger partial charge in [-0.1, -0.05) is 12.1 Å². The maximum absolute atomic E-state index is 12.6. The summed E-state index contributed by atoms with van der Waals surface area (Å²) in [6.45, 7) is 0.630. The number of aromatic nitrogens is 2. The molecule has 1 atom stereocenters. The zero-order chi connectivity index (χ0) is 17.9. The maximum atomic E-state index is 12.6. The molecule has 25 heavy (non-hydrogen) atoms. The first-order valence-electron chi connectivity index (χ1n) is 7.87. The van der Waals surface area contributed by atoms with Gasteiger partial charge in [-0.25, -0.2) is 9.97 Å². The average molecular weight is 347 g/mol. The Morgan fingerprint density at radius 2 is 1.96 bits per heavy atom. The fourth-order valence-electron chi connectivity index (χ4n) is 2.88. The van der Waals surface area contributed by atoms with Gasteiger partial charge >= 0.3 is 6.18 Å². The Kier molecular flexibility index (Phi) is 4.83. The van der Waals surface area contributed by atoms with Gasteiger partial charge in [-0.15, -0.1) is 0 Å². The van der Waals surface area contributed by atoms with Crippen LogP contribution in [-0.4, -0.2) is 27.3 Å². The van der Waals surface area contributed by atoms with Crippen LogP contribution in [0.1, 0.15) is 35.7 Å². The van der Waals surface area contributed by atoms with Gasteiger partial charge < -0.3 is 4.90 Å². The molecule has 0 spiro atoms. The first-order valence-corrected chi connectivity index (χ1v) is 7.87. The monoisotopic (exact) mass is 347 g/mol. The molecule has 0 saturated carbocycles. The van der Waals surface area contributed by atoms with Crippen molar-refractivity contribution in [1.82, 2.24) is 14.9 Å². The maximum Gasteiger partial charge on any atom is 0.416 e. The van der Waals surface area contributed by atoms with Crippen LogP contribution < -0.4 is 0 Å². The number of alkyl halides is 3. The van der Waals surface area contributed by atoms with Gasteiger partial charge in [-0.3, -0.25) is 4.79 Å². The van der Waals surface area contributed by atoms with E-state index in [-0.39, 0.29) is 11.9 Å². The fourth-order valence-corrected chi connectivity index (χ4v) is 2.88. The molecule has 0 aliphatic carbocycles. The van der Waals surface area contributed by atoms with Crippen molar-refractivity contribution in [3.63, 3.8) is 0 Å². The largest absolute Gasteiger partial charge is 0.416 e. The molecule has 1 aliphatic rings. The van der Waals surface area contributed by atoms with E-state index in [2.05, 4.69) is 9.97 Å². The van der Waals surface area contributed by atoms with Crippen LogP contribution in [0.25, 0.3) is 6.08 Å². The van der Waals surface area contributed by atoms with Gasteiger partial charge in [0.2, 0.25) is 5.91 Å². The third kappa shape index (κ3) is 4.04. The third-order valence-corrected chi connectivity index (χ3v) is 4.14. The van der Waals surface area contributed by atoms with Crippen molar-refractivity contribution in [3.8, 4) is 0 Å². The van der Waals surface area contributed by atoms with Crippen molar-refractivity contribution in [2.24, 2.45) is 0 Å². The zero-order valence-corrected chi connectivity index (χ0v) is 13.3. The van der Waals surface area contributed by atoms with Crippen molar-refractivity contribution in [2.75, 3.05) is 6.54 Å². The lowest BCUT2D eigenvalue weighted by Crippen LogP contribution is -2.29. The Labute approximate surface area is 143 Å². The van der Waals surface area contributed by atoms with Gasteiger partial charge in [0.15, 0.2) is 0 Å². The molecule has 2 aromatic rings. The first-order chi connectivity index (χ1) is 11.9. The fraction of sp³-hybridized carbons (Fsp3) is 0.278. The summed E-state index contributed by atoms with van der Waals surface area (Å²) in [5.74, 6) is -0.180. The molecule has 2 heterocycles. The number of hydrogen-bond donors (Lipinski definition) is 0. The van der Waals surface area contributed by atoms with E-state index in [1.165, 1.54) is 30.6 Å². The summed E-state index contributed by atoms with van der Waals surface area (Å²) in [4.78, 5) is 22.3. The predicted molar refractivity (Wildman–Crippen MR) is 86.2 cm³/mol. The quantitative estimate of drug-likeness (QED) is 0.792. The lowest BCUT2D eigenvalue weighted by molar-refractivity contribution is -0.137. The molecular formula is C18H16F3N3O. The molecule has 7 heteroatoms. The molecule has 1 fully saturated rings. The molecule has 130 valence electrons. The Hall–Kier alpha value is -2.70. The van der Waals surface area contributed by atoms with Gasteiger partial charge in [0, 0.05) is 18.8 Å². The minimum Gasteiger partial charge on any atom is -0.331 e. The number of hydrogen-bond acceptors (Lipinski definition) is 3. The number of likely N-dealkylation sites (tertiary alicyclic amines) is 1. The highest BCUT2D eigenvalue weighted by molar-refractivity contribution is 5.92. The molecule has 3 rings (SSSR count). The summed E-state index contributed by atoms with van der Waals surface area (Å²) >= 11 is 0. The highest BCUT2D eigenvalue weighted by atomic mass is 19.4. The summed E-state index contributed by atoms with van der Waals surface area (Å²) < 4.78 is 37.7. The lowest BCUT2D eigenvalue weighted by atomic mass is 10.1. The molecule has 0 radical (unpaired) electrons. The summed E-state index contributed by atoms with van der Waals surface area (Å²) in [6.07, 6.45) is 3.36. The van der Waals surface area contributed by atoms with Gasteiger partial charge in [0.1, 0.15) is 6.33 Å². The number of carbonyl (C=O) groups excluding carboxylic acids is 1. The Morgan fingerprint density at radius 3 is 2.60 bits per heavy atom. The molecule has 1 amide bonds. The van der Waals surface area contributed by atoms with E-state index < -0.39 is 11.7 Å². The zero-order valence-electron chi connectivity index (χ0n) is 13.3. The topological polar surface area (TPSA) is 46.1 Å². The van der Waals surface area contributed by atoms with Crippen LogP contribution in [-0.2, 0) is 11.0 Å². The lowest BCUT2D eigenvalue weighted by Gasteiger charge is -2.22. The Morgan fingerprint density at radius 1 is 1.20 bits per heavy atom. The van der Waals surface area contributed by atoms with E-state index in [4.69, 9.17) is 0 Å². The molecule has 0 bridgehead atoms. The number of rotatable bonds is 3. The van der Waals surface area contributed by atoms with E-state index in [0.29, 0.717) is 12.1 Å². The van der Waals surface area contributed by atoms with Crippen molar-refractivity contribution >= 4 is 12.0 Å². The van der Waals surface area contributed by atoms with E-state index in [9.17, 15) is 18.0 Å². The van der Waals surface area contributed by atoms with Crippen molar-refractivity contribution in [2.45, 2.75) is 25.1 Å². The summed E-state index contributed by atoms with van der Waals surface area (Å²) in [7, 11) is 0. The molecule has 1 unspecified atom stereocenters. The van der Waals surface area contributed by atoms with Gasteiger partial charge in [0.05, 0.1) is 17.3 Å². The number of carbonyl (C=O) groups is 1. The summed E-state index contributed by atoms with van der Waals surface area (Å²) in [5, 5.41) is 0. The van der Waals surface area contributed by atoms with E-state index in [1.54, 1.807) is 17.2 Å². The number of nitrogens with zero attached hydrogens (tertiary/aromatic N) is 3. The minimum absolute atomic E-state index is 0.0900. The van der Waals surface area contributed by atoms with Gasteiger partial charge in [-0.2, -0.15) is 13.2 Å². The third-order valence-electron chi connectivity index (χ3n) is 4.14. The average Bonchev–Trinajstić information content (AvgIpc) is 3.10. The smallest absolute Gasteiger partial charge is 0.331 e. The van der Waals surface area contributed by atoms with E-state index in [1.807, 2.05) is 0 Å². The standard InChI is InChI=1S/C18H16F3N3O/c19-18(20,21)14-6-3-13(4-7-14)5-8-17(25)24-11-1-2-16(24)15-9-10-22-12-23-15/h3-10,12,16H,1-2,11H2/b8-5+. The van der Waals surface area contributed by atoms with Gasteiger partial charge in [-0.05, 0) is 42.7 Å². The number of halogens is 3. The highest BCUT2D eigenvalue weighted by Crippen LogP contribution is 2.31. The second-order valence-corrected chi connectivity index (χ2v) is 5.78. The summed E-state index contributed by atoms with van der Waals surface area (Å²) in [6, 6.07) is 6.40. The van der Waals surface area contributed by atoms with Crippen LogP contribution in [0.5, 0.6) is 0 Å². The molecule has 1 aromatic carbocycles. The number of amides is 1. The van der Waals surface area contributed by atoms with Crippen LogP contribution in [0.15, 0.2) is 48.9 Å².